The van der Waals surface area contributed by atoms with Gasteiger partial charge in [0.25, 0.3) is 0 Å². The van der Waals surface area contributed by atoms with Crippen molar-refractivity contribution in [1.29, 1.82) is 0 Å². The van der Waals surface area contributed by atoms with Crippen LogP contribution in [0.4, 0.5) is 4.79 Å². The molecule has 31 heavy (non-hydrogen) atoms. The van der Waals surface area contributed by atoms with E-state index in [1.165, 1.54) is 4.90 Å². The van der Waals surface area contributed by atoms with Gasteiger partial charge in [0.1, 0.15) is 12.1 Å². The molecule has 1 fully saturated rings. The Morgan fingerprint density at radius 1 is 1.16 bits per heavy atom. The highest BCUT2D eigenvalue weighted by molar-refractivity contribution is 5.85. The van der Waals surface area contributed by atoms with Gasteiger partial charge in [0.2, 0.25) is 5.91 Å². The molecule has 1 saturated carbocycles. The van der Waals surface area contributed by atoms with Crippen molar-refractivity contribution in [3.63, 3.8) is 0 Å². The first-order chi connectivity index (χ1) is 14.5. The van der Waals surface area contributed by atoms with Crippen LogP contribution in [0, 0.1) is 5.92 Å². The summed E-state index contributed by atoms with van der Waals surface area (Å²) >= 11 is 0. The Kier molecular flexibility index (Phi) is 8.71. The quantitative estimate of drug-likeness (QED) is 0.435. The fraction of sp³-hybridized carbons (Fsp3) is 0.609. The number of alkyl carbamates (subject to hydrolysis) is 1. The largest absolute Gasteiger partial charge is 0.444 e. The summed E-state index contributed by atoms with van der Waals surface area (Å²) in [4.78, 5) is 30.2. The molecule has 3 N–H and O–H groups in total. The Labute approximate surface area is 185 Å². The lowest BCUT2D eigenvalue weighted by Gasteiger charge is -2.25. The van der Waals surface area contributed by atoms with Crippen molar-refractivity contribution >= 4 is 18.0 Å². The van der Waals surface area contributed by atoms with E-state index < -0.39 is 11.7 Å². The number of rotatable bonds is 8. The SMILES string of the molecule is CC(NC(=NCC(=O)N(C)C)NCC(NC(=O)OC(C)(C)C)C1CC1)c1ccccc1. The third kappa shape index (κ3) is 9.27. The molecular weight excluding hydrogens is 394 g/mol. The van der Waals surface area contributed by atoms with E-state index in [-0.39, 0.29) is 24.5 Å². The minimum atomic E-state index is -0.544. The number of carbonyl (C=O) groups is 2. The molecule has 0 saturated heterocycles. The molecule has 2 atom stereocenters. The van der Waals surface area contributed by atoms with Crippen LogP contribution in [0.15, 0.2) is 35.3 Å². The van der Waals surface area contributed by atoms with Crippen LogP contribution < -0.4 is 16.0 Å². The van der Waals surface area contributed by atoms with Gasteiger partial charge in [0.15, 0.2) is 5.96 Å². The van der Waals surface area contributed by atoms with E-state index in [0.29, 0.717) is 18.4 Å². The normalized spacial score (nSPS) is 16.1. The molecule has 2 unspecified atom stereocenters. The van der Waals surface area contributed by atoms with Crippen molar-refractivity contribution in [2.45, 2.75) is 58.2 Å². The van der Waals surface area contributed by atoms with Gasteiger partial charge >= 0.3 is 6.09 Å². The van der Waals surface area contributed by atoms with Crippen LogP contribution in [0.1, 0.15) is 52.1 Å². The van der Waals surface area contributed by atoms with Gasteiger partial charge in [0, 0.05) is 20.6 Å². The molecule has 172 valence electrons. The van der Waals surface area contributed by atoms with Crippen molar-refractivity contribution in [3.05, 3.63) is 35.9 Å². The summed E-state index contributed by atoms with van der Waals surface area (Å²) in [6.45, 7) is 8.11. The number of hydrogen-bond donors (Lipinski definition) is 3. The van der Waals surface area contributed by atoms with Crippen LogP contribution in [0.3, 0.4) is 0 Å². The summed E-state index contributed by atoms with van der Waals surface area (Å²) in [5.74, 6) is 0.860. The van der Waals surface area contributed by atoms with Crippen molar-refractivity contribution < 1.29 is 14.3 Å². The zero-order valence-corrected chi connectivity index (χ0v) is 19.6. The number of likely N-dealkylation sites (N-methyl/N-ethyl adjacent to an activating group) is 1. The molecule has 0 aromatic heterocycles. The predicted molar refractivity (Wildman–Crippen MR) is 123 cm³/mol. The molecule has 0 radical (unpaired) electrons. The van der Waals surface area contributed by atoms with Gasteiger partial charge < -0.3 is 25.6 Å². The fourth-order valence-electron chi connectivity index (χ4n) is 2.97. The lowest BCUT2D eigenvalue weighted by molar-refractivity contribution is -0.127. The van der Waals surface area contributed by atoms with Gasteiger partial charge in [-0.25, -0.2) is 9.79 Å². The molecule has 1 aliphatic rings. The van der Waals surface area contributed by atoms with Gasteiger partial charge in [-0.1, -0.05) is 30.3 Å². The van der Waals surface area contributed by atoms with Crippen molar-refractivity contribution in [2.75, 3.05) is 27.2 Å². The lowest BCUT2D eigenvalue weighted by Crippen LogP contribution is -2.49. The standard InChI is InChI=1S/C23H37N5O3/c1-16(17-10-8-7-9-11-17)26-21(25-15-20(29)28(5)6)24-14-19(18-12-13-18)27-22(30)31-23(2,3)4/h7-11,16,18-19H,12-15H2,1-6H3,(H,27,30)(H2,24,25,26). The maximum Gasteiger partial charge on any atom is 0.407 e. The molecule has 1 aromatic rings. The summed E-state index contributed by atoms with van der Waals surface area (Å²) in [6.07, 6.45) is 1.72. The van der Waals surface area contributed by atoms with Crippen LogP contribution in [-0.2, 0) is 9.53 Å². The van der Waals surface area contributed by atoms with Gasteiger partial charge in [-0.15, -0.1) is 0 Å². The molecule has 8 heteroatoms. The van der Waals surface area contributed by atoms with Crippen molar-refractivity contribution in [2.24, 2.45) is 10.9 Å². The van der Waals surface area contributed by atoms with Crippen LogP contribution in [0.5, 0.6) is 0 Å². The number of ether oxygens (including phenoxy) is 1. The first kappa shape index (κ1) is 24.5. The third-order valence-electron chi connectivity index (χ3n) is 4.91. The fourth-order valence-corrected chi connectivity index (χ4v) is 2.97. The number of nitrogens with one attached hydrogen (secondary N) is 3. The predicted octanol–water partition coefficient (Wildman–Crippen LogP) is 2.67. The Morgan fingerprint density at radius 3 is 2.35 bits per heavy atom. The summed E-state index contributed by atoms with van der Waals surface area (Å²) in [7, 11) is 3.41. The summed E-state index contributed by atoms with van der Waals surface area (Å²) < 4.78 is 5.41. The number of aliphatic imine (C=N–C) groups is 1. The molecule has 2 amide bonds. The molecule has 0 aliphatic heterocycles. The van der Waals surface area contributed by atoms with E-state index in [1.807, 2.05) is 58.0 Å². The summed E-state index contributed by atoms with van der Waals surface area (Å²) in [5.41, 5.74) is 0.568. The Hall–Kier alpha value is -2.77. The smallest absolute Gasteiger partial charge is 0.407 e. The average Bonchev–Trinajstić information content (AvgIpc) is 3.52. The Balaban J connectivity index is 2.03. The Morgan fingerprint density at radius 2 is 1.81 bits per heavy atom. The second-order valence-electron chi connectivity index (χ2n) is 9.20. The molecular formula is C23H37N5O3. The monoisotopic (exact) mass is 431 g/mol. The van der Waals surface area contributed by atoms with E-state index in [9.17, 15) is 9.59 Å². The first-order valence-corrected chi connectivity index (χ1v) is 10.8. The van der Waals surface area contributed by atoms with Gasteiger partial charge in [-0.2, -0.15) is 0 Å². The number of benzene rings is 1. The molecule has 2 rings (SSSR count). The number of hydrogen-bond acceptors (Lipinski definition) is 4. The number of carbonyl (C=O) groups excluding carboxylic acids is 2. The minimum Gasteiger partial charge on any atom is -0.444 e. The zero-order valence-electron chi connectivity index (χ0n) is 19.6. The second kappa shape index (κ2) is 11.0. The number of guanidine groups is 1. The Bertz CT molecular complexity index is 754. The molecule has 0 bridgehead atoms. The van der Waals surface area contributed by atoms with Gasteiger partial charge in [-0.3, -0.25) is 4.79 Å². The van der Waals surface area contributed by atoms with E-state index in [2.05, 4.69) is 20.9 Å². The maximum atomic E-state index is 12.2. The maximum absolute atomic E-state index is 12.2. The minimum absolute atomic E-state index is 0.0000909. The lowest BCUT2D eigenvalue weighted by atomic mass is 10.1. The van der Waals surface area contributed by atoms with Crippen molar-refractivity contribution in [1.82, 2.24) is 20.9 Å². The van der Waals surface area contributed by atoms with Crippen molar-refractivity contribution in [3.8, 4) is 0 Å². The van der Waals surface area contributed by atoms with Crippen LogP contribution in [0.25, 0.3) is 0 Å². The average molecular weight is 432 g/mol. The highest BCUT2D eigenvalue weighted by Gasteiger charge is 2.33. The molecule has 1 aliphatic carbocycles. The molecule has 0 heterocycles. The zero-order chi connectivity index (χ0) is 23.0. The van der Waals surface area contributed by atoms with Crippen LogP contribution in [-0.4, -0.2) is 61.7 Å². The van der Waals surface area contributed by atoms with Crippen LogP contribution >= 0.6 is 0 Å². The summed E-state index contributed by atoms with van der Waals surface area (Å²) in [5, 5.41) is 9.64. The van der Waals surface area contributed by atoms with E-state index in [4.69, 9.17) is 4.74 Å². The van der Waals surface area contributed by atoms with Crippen LogP contribution in [0.2, 0.25) is 0 Å². The highest BCUT2D eigenvalue weighted by atomic mass is 16.6. The number of amides is 2. The second-order valence-corrected chi connectivity index (χ2v) is 9.20. The first-order valence-electron chi connectivity index (χ1n) is 10.8. The molecule has 1 aromatic carbocycles. The molecule has 8 nitrogen and oxygen atoms in total. The van der Waals surface area contributed by atoms with E-state index in [1.54, 1.807) is 14.1 Å². The number of nitrogens with zero attached hydrogens (tertiary/aromatic N) is 2. The van der Waals surface area contributed by atoms with Gasteiger partial charge in [-0.05, 0) is 52.0 Å². The topological polar surface area (TPSA) is 95.1 Å². The highest BCUT2D eigenvalue weighted by Crippen LogP contribution is 2.32. The van der Waals surface area contributed by atoms with E-state index >= 15 is 0 Å². The third-order valence-corrected chi connectivity index (χ3v) is 4.91. The molecule has 0 spiro atoms. The van der Waals surface area contributed by atoms with Gasteiger partial charge in [0.05, 0.1) is 12.1 Å². The summed E-state index contributed by atoms with van der Waals surface area (Å²) in [6, 6.07) is 9.96. The van der Waals surface area contributed by atoms with E-state index in [0.717, 1.165) is 18.4 Å².